The molecule has 0 fully saturated rings. The number of pyridine rings is 1. The second-order valence-electron chi connectivity index (χ2n) is 4.12. The van der Waals surface area contributed by atoms with Crippen LogP contribution in [0.5, 0.6) is 0 Å². The first-order valence-electron chi connectivity index (χ1n) is 5.57. The van der Waals surface area contributed by atoms with Crippen LogP contribution in [0.4, 0.5) is 20.3 Å². The van der Waals surface area contributed by atoms with Crippen LogP contribution in [0.25, 0.3) is 0 Å². The van der Waals surface area contributed by atoms with E-state index in [9.17, 15) is 8.78 Å². The number of thiocarbonyl (C=S) groups is 1. The molecule has 0 unspecified atom stereocenters. The molecule has 104 valence electrons. The minimum atomic E-state index is -0.599. The minimum Gasteiger partial charge on any atom is -0.389 e. The summed E-state index contributed by atoms with van der Waals surface area (Å²) in [6, 6.07) is 5.38. The van der Waals surface area contributed by atoms with Crippen LogP contribution in [-0.2, 0) is 0 Å². The van der Waals surface area contributed by atoms with Crippen molar-refractivity contribution in [2.24, 2.45) is 5.73 Å². The highest BCUT2D eigenvalue weighted by Gasteiger charge is 2.10. The van der Waals surface area contributed by atoms with Gasteiger partial charge in [0, 0.05) is 17.3 Å². The predicted molar refractivity (Wildman–Crippen MR) is 82.2 cm³/mol. The van der Waals surface area contributed by atoms with Crippen molar-refractivity contribution >= 4 is 44.6 Å². The van der Waals surface area contributed by atoms with E-state index in [1.807, 2.05) is 0 Å². The van der Waals surface area contributed by atoms with Gasteiger partial charge in [-0.3, -0.25) is 0 Å². The number of aromatic nitrogens is 1. The largest absolute Gasteiger partial charge is 0.389 e. The topological polar surface area (TPSA) is 50.9 Å². The Kier molecular flexibility index (Phi) is 4.29. The quantitative estimate of drug-likeness (QED) is 0.647. The summed E-state index contributed by atoms with van der Waals surface area (Å²) in [5.74, 6) is -0.831. The number of aryl methyl sites for hydroxylation is 1. The molecule has 0 atom stereocenters. The van der Waals surface area contributed by atoms with E-state index in [1.165, 1.54) is 0 Å². The number of anilines is 2. The van der Waals surface area contributed by atoms with Crippen molar-refractivity contribution in [2.45, 2.75) is 6.92 Å². The first-order valence-corrected chi connectivity index (χ1v) is 6.77. The van der Waals surface area contributed by atoms with E-state index < -0.39 is 11.6 Å². The molecule has 3 N–H and O–H groups in total. The Hall–Kier alpha value is -1.60. The molecular formula is C13H10BrF2N3S. The lowest BCUT2D eigenvalue weighted by Crippen LogP contribution is -2.11. The maximum Gasteiger partial charge on any atom is 0.148 e. The molecule has 0 bridgehead atoms. The molecule has 2 rings (SSSR count). The van der Waals surface area contributed by atoms with Gasteiger partial charge < -0.3 is 11.1 Å². The molecule has 0 aliphatic carbocycles. The van der Waals surface area contributed by atoms with E-state index in [4.69, 9.17) is 18.0 Å². The average molecular weight is 358 g/mol. The van der Waals surface area contributed by atoms with Gasteiger partial charge in [-0.15, -0.1) is 0 Å². The lowest BCUT2D eigenvalue weighted by Gasteiger charge is -2.10. The monoisotopic (exact) mass is 357 g/mol. The number of nitrogens with two attached hydrogens (primary N) is 1. The summed E-state index contributed by atoms with van der Waals surface area (Å²) >= 11 is 7.81. The highest BCUT2D eigenvalue weighted by atomic mass is 79.9. The van der Waals surface area contributed by atoms with E-state index in [0.717, 1.165) is 12.1 Å². The second kappa shape index (κ2) is 5.80. The maximum atomic E-state index is 13.7. The van der Waals surface area contributed by atoms with Crippen LogP contribution in [0.1, 0.15) is 11.3 Å². The summed E-state index contributed by atoms with van der Waals surface area (Å²) in [6.07, 6.45) is 0. The first-order chi connectivity index (χ1) is 9.36. The molecule has 0 amide bonds. The Bertz CT molecular complexity index is 692. The fraction of sp³-hybridized carbons (Fsp3) is 0.0769. The fourth-order valence-corrected chi connectivity index (χ4v) is 2.06. The second-order valence-corrected chi connectivity index (χ2v) is 5.41. The normalized spacial score (nSPS) is 10.4. The first kappa shape index (κ1) is 14.8. The third-order valence-electron chi connectivity index (χ3n) is 2.51. The molecule has 0 saturated heterocycles. The summed E-state index contributed by atoms with van der Waals surface area (Å²) in [7, 11) is 0. The number of rotatable bonds is 3. The Morgan fingerprint density at radius 3 is 2.60 bits per heavy atom. The van der Waals surface area contributed by atoms with E-state index in [1.54, 1.807) is 19.1 Å². The molecule has 2 aromatic rings. The number of nitrogens with zero attached hydrogens (tertiary/aromatic N) is 1. The van der Waals surface area contributed by atoms with Crippen LogP contribution in [-0.4, -0.2) is 9.97 Å². The minimum absolute atomic E-state index is 0.0160. The molecule has 0 saturated carbocycles. The summed E-state index contributed by atoms with van der Waals surface area (Å²) in [6.45, 7) is 1.76. The lowest BCUT2D eigenvalue weighted by atomic mass is 10.2. The number of hydrogen-bond donors (Lipinski definition) is 2. The summed E-state index contributed by atoms with van der Waals surface area (Å²) in [4.78, 5) is 4.39. The molecular weight excluding hydrogens is 348 g/mol. The third kappa shape index (κ3) is 3.29. The van der Waals surface area contributed by atoms with Gasteiger partial charge in [-0.1, -0.05) is 12.2 Å². The Morgan fingerprint density at radius 2 is 1.95 bits per heavy atom. The van der Waals surface area contributed by atoms with Crippen LogP contribution >= 0.6 is 28.1 Å². The smallest absolute Gasteiger partial charge is 0.148 e. The molecule has 0 spiro atoms. The van der Waals surface area contributed by atoms with Crippen LogP contribution in [0.15, 0.2) is 28.7 Å². The number of hydrogen-bond acceptors (Lipinski definition) is 3. The zero-order valence-corrected chi connectivity index (χ0v) is 12.8. The highest BCUT2D eigenvalue weighted by Crippen LogP contribution is 2.26. The van der Waals surface area contributed by atoms with Gasteiger partial charge in [-0.2, -0.15) is 0 Å². The number of benzene rings is 1. The van der Waals surface area contributed by atoms with Crippen LogP contribution < -0.4 is 11.1 Å². The molecule has 0 radical (unpaired) electrons. The molecule has 1 aromatic heterocycles. The maximum absolute atomic E-state index is 13.7. The molecule has 3 nitrogen and oxygen atoms in total. The van der Waals surface area contributed by atoms with Gasteiger partial charge in [0.25, 0.3) is 0 Å². The van der Waals surface area contributed by atoms with E-state index in [2.05, 4.69) is 26.2 Å². The lowest BCUT2D eigenvalue weighted by molar-refractivity contribution is 0.597. The molecule has 1 aromatic carbocycles. The zero-order valence-electron chi connectivity index (χ0n) is 10.4. The summed E-state index contributed by atoms with van der Waals surface area (Å²) in [5, 5.41) is 2.71. The van der Waals surface area contributed by atoms with Crippen molar-refractivity contribution in [2.75, 3.05) is 5.32 Å². The van der Waals surface area contributed by atoms with Gasteiger partial charge in [0.15, 0.2) is 0 Å². The summed E-state index contributed by atoms with van der Waals surface area (Å²) < 4.78 is 27.2. The van der Waals surface area contributed by atoms with Crippen molar-refractivity contribution < 1.29 is 8.78 Å². The third-order valence-corrected chi connectivity index (χ3v) is 3.35. The van der Waals surface area contributed by atoms with Crippen molar-refractivity contribution in [1.29, 1.82) is 0 Å². The van der Waals surface area contributed by atoms with Gasteiger partial charge >= 0.3 is 0 Å². The van der Waals surface area contributed by atoms with Crippen LogP contribution in [0.2, 0.25) is 0 Å². The van der Waals surface area contributed by atoms with Crippen molar-refractivity contribution in [3.05, 3.63) is 51.6 Å². The average Bonchev–Trinajstić information content (AvgIpc) is 2.35. The molecule has 7 heteroatoms. The zero-order chi connectivity index (χ0) is 14.9. The van der Waals surface area contributed by atoms with Crippen LogP contribution in [0.3, 0.4) is 0 Å². The summed E-state index contributed by atoms with van der Waals surface area (Å²) in [5.41, 5.74) is 6.81. The van der Waals surface area contributed by atoms with Crippen molar-refractivity contribution in [1.82, 2.24) is 4.98 Å². The van der Waals surface area contributed by atoms with E-state index in [-0.39, 0.29) is 15.1 Å². The molecule has 1 heterocycles. The molecule has 20 heavy (non-hydrogen) atoms. The number of nitrogens with one attached hydrogen (secondary N) is 1. The fourth-order valence-electron chi connectivity index (χ4n) is 1.63. The highest BCUT2D eigenvalue weighted by molar-refractivity contribution is 9.10. The number of halogens is 3. The van der Waals surface area contributed by atoms with Gasteiger partial charge in [0.1, 0.15) is 22.4 Å². The van der Waals surface area contributed by atoms with Crippen molar-refractivity contribution in [3.8, 4) is 0 Å². The van der Waals surface area contributed by atoms with Gasteiger partial charge in [0.2, 0.25) is 0 Å². The van der Waals surface area contributed by atoms with Gasteiger partial charge in [0.05, 0.1) is 10.2 Å². The van der Waals surface area contributed by atoms with Gasteiger partial charge in [-0.05, 0) is 41.1 Å². The standard InChI is InChI=1S/C13H10BrF2N3S/c1-6-2-7(13(17)20)3-12(18-6)19-11-5-9(15)8(14)4-10(11)16/h2-5H,1H3,(H2,17,20)(H,18,19). The van der Waals surface area contributed by atoms with E-state index in [0.29, 0.717) is 17.1 Å². The van der Waals surface area contributed by atoms with Crippen molar-refractivity contribution in [3.63, 3.8) is 0 Å². The SMILES string of the molecule is Cc1cc(C(N)=S)cc(Nc2cc(F)c(Br)cc2F)n1. The Balaban J connectivity index is 2.40. The van der Waals surface area contributed by atoms with E-state index >= 15 is 0 Å². The predicted octanol–water partition coefficient (Wildman–Crippen LogP) is 3.81. The van der Waals surface area contributed by atoms with Gasteiger partial charge in [-0.25, -0.2) is 13.8 Å². The Labute approximate surface area is 128 Å². The molecule has 0 aliphatic rings. The van der Waals surface area contributed by atoms with Crippen LogP contribution in [0, 0.1) is 18.6 Å². The molecule has 0 aliphatic heterocycles. The Morgan fingerprint density at radius 1 is 1.25 bits per heavy atom.